The van der Waals surface area contributed by atoms with Crippen LogP contribution < -0.4 is 10.9 Å². The van der Waals surface area contributed by atoms with Crippen molar-refractivity contribution in [2.24, 2.45) is 0 Å². The Morgan fingerprint density at radius 1 is 1.11 bits per heavy atom. The third-order valence-electron chi connectivity index (χ3n) is 4.00. The molecule has 0 aliphatic rings. The minimum absolute atomic E-state index is 0.0244. The number of nitrogens with one attached hydrogen (secondary N) is 1. The summed E-state index contributed by atoms with van der Waals surface area (Å²) in [5.41, 5.74) is 1.37. The minimum Gasteiger partial charge on any atom is -0.468 e. The van der Waals surface area contributed by atoms with Crippen molar-refractivity contribution in [1.29, 1.82) is 0 Å². The summed E-state index contributed by atoms with van der Waals surface area (Å²) in [5.74, 6) is -0.844. The molecule has 0 fully saturated rings. The van der Waals surface area contributed by atoms with Crippen molar-refractivity contribution >= 4 is 34.5 Å². The van der Waals surface area contributed by atoms with Crippen LogP contribution in [-0.2, 0) is 20.9 Å². The molecule has 0 aliphatic carbocycles. The molecule has 0 saturated heterocycles. The zero-order valence-electron chi connectivity index (χ0n) is 15.3. The molecule has 0 bridgehead atoms. The van der Waals surface area contributed by atoms with Crippen molar-refractivity contribution < 1.29 is 14.3 Å². The first-order valence-electron chi connectivity index (χ1n) is 8.58. The first-order chi connectivity index (χ1) is 13.6. The maximum atomic E-state index is 13.0. The number of benzene rings is 2. The Bertz CT molecular complexity index is 1050. The molecule has 0 spiro atoms. The van der Waals surface area contributed by atoms with Gasteiger partial charge in [0.15, 0.2) is 5.16 Å². The maximum absolute atomic E-state index is 13.0. The fraction of sp³-hybridized carbons (Fsp3) is 0.200. The summed E-state index contributed by atoms with van der Waals surface area (Å²) in [7, 11) is 1.25. The highest BCUT2D eigenvalue weighted by molar-refractivity contribution is 7.99. The molecule has 1 heterocycles. The lowest BCUT2D eigenvalue weighted by molar-refractivity contribution is -0.140. The molecule has 144 valence electrons. The summed E-state index contributed by atoms with van der Waals surface area (Å²) < 4.78 is 6.06. The molecule has 7 nitrogen and oxygen atoms in total. The fourth-order valence-electron chi connectivity index (χ4n) is 2.59. The highest BCUT2D eigenvalue weighted by atomic mass is 32.2. The molecular weight excluding hydrogens is 378 g/mol. The van der Waals surface area contributed by atoms with E-state index in [1.54, 1.807) is 22.8 Å². The van der Waals surface area contributed by atoms with Gasteiger partial charge in [0.05, 0.1) is 30.3 Å². The molecule has 8 heteroatoms. The summed E-state index contributed by atoms with van der Waals surface area (Å²) >= 11 is 1.15. The van der Waals surface area contributed by atoms with E-state index in [0.717, 1.165) is 17.3 Å². The molecule has 3 aromatic rings. The molecule has 0 atom stereocenters. The van der Waals surface area contributed by atoms with E-state index in [9.17, 15) is 14.4 Å². The second-order valence-electron chi connectivity index (χ2n) is 5.93. The number of thioether (sulfide) groups is 1. The number of nitrogens with zero attached hydrogens (tertiary/aromatic N) is 2. The van der Waals surface area contributed by atoms with Crippen molar-refractivity contribution in [3.05, 3.63) is 70.5 Å². The van der Waals surface area contributed by atoms with Crippen LogP contribution in [0.15, 0.2) is 64.5 Å². The van der Waals surface area contributed by atoms with Crippen molar-refractivity contribution in [3.8, 4) is 0 Å². The van der Waals surface area contributed by atoms with Crippen molar-refractivity contribution in [3.63, 3.8) is 0 Å². The first kappa shape index (κ1) is 19.6. The number of hydrogen-bond acceptors (Lipinski definition) is 6. The second-order valence-corrected chi connectivity index (χ2v) is 6.87. The van der Waals surface area contributed by atoms with Crippen molar-refractivity contribution in [1.82, 2.24) is 14.9 Å². The molecule has 1 N–H and O–H groups in total. The number of methoxy groups -OCH3 is 1. The van der Waals surface area contributed by atoms with E-state index in [2.05, 4.69) is 15.0 Å². The number of ether oxygens (including phenoxy) is 1. The monoisotopic (exact) mass is 397 g/mol. The predicted octanol–water partition coefficient (Wildman–Crippen LogP) is 1.83. The van der Waals surface area contributed by atoms with E-state index in [1.165, 1.54) is 7.11 Å². The first-order valence-corrected chi connectivity index (χ1v) is 9.57. The summed E-state index contributed by atoms with van der Waals surface area (Å²) in [6, 6.07) is 16.7. The van der Waals surface area contributed by atoms with Gasteiger partial charge in [0.25, 0.3) is 5.56 Å². The number of amides is 1. The number of para-hydroxylation sites is 1. The third kappa shape index (κ3) is 4.77. The van der Waals surface area contributed by atoms with E-state index in [-0.39, 0.29) is 23.8 Å². The van der Waals surface area contributed by atoms with Gasteiger partial charge in [0.2, 0.25) is 5.91 Å². The van der Waals surface area contributed by atoms with Gasteiger partial charge in [0, 0.05) is 0 Å². The fourth-order valence-corrected chi connectivity index (χ4v) is 3.42. The van der Waals surface area contributed by atoms with Gasteiger partial charge in [-0.1, -0.05) is 54.2 Å². The number of carbonyl (C=O) groups is 2. The normalized spacial score (nSPS) is 10.6. The van der Waals surface area contributed by atoms with Crippen LogP contribution in [0, 0.1) is 0 Å². The molecular formula is C20H19N3O4S. The van der Waals surface area contributed by atoms with E-state index in [1.807, 2.05) is 36.4 Å². The van der Waals surface area contributed by atoms with Crippen LogP contribution in [-0.4, -0.2) is 40.8 Å². The van der Waals surface area contributed by atoms with Crippen LogP contribution in [0.2, 0.25) is 0 Å². The van der Waals surface area contributed by atoms with E-state index < -0.39 is 5.97 Å². The molecule has 0 unspecified atom stereocenters. The zero-order valence-corrected chi connectivity index (χ0v) is 16.1. The average molecular weight is 397 g/mol. The van der Waals surface area contributed by atoms with E-state index >= 15 is 0 Å². The molecule has 1 amide bonds. The molecule has 28 heavy (non-hydrogen) atoms. The number of fused-ring (bicyclic) bond motifs is 1. The lowest BCUT2D eigenvalue weighted by Gasteiger charge is -2.13. The lowest BCUT2D eigenvalue weighted by Crippen LogP contribution is -2.32. The van der Waals surface area contributed by atoms with E-state index in [0.29, 0.717) is 22.6 Å². The van der Waals surface area contributed by atoms with Crippen molar-refractivity contribution in [2.75, 3.05) is 19.4 Å². The van der Waals surface area contributed by atoms with Crippen LogP contribution >= 0.6 is 11.8 Å². The van der Waals surface area contributed by atoms with Gasteiger partial charge in [-0.25, -0.2) is 4.98 Å². The number of carbonyl (C=O) groups excluding carboxylic acids is 2. The minimum atomic E-state index is -0.525. The number of rotatable bonds is 7. The summed E-state index contributed by atoms with van der Waals surface area (Å²) in [5, 5.41) is 3.45. The Morgan fingerprint density at radius 3 is 2.57 bits per heavy atom. The van der Waals surface area contributed by atoms with Gasteiger partial charge in [0.1, 0.15) is 6.54 Å². The Hall–Kier alpha value is -3.13. The van der Waals surface area contributed by atoms with Crippen molar-refractivity contribution in [2.45, 2.75) is 11.7 Å². The lowest BCUT2D eigenvalue weighted by atomic mass is 10.2. The Balaban J connectivity index is 1.87. The third-order valence-corrected chi connectivity index (χ3v) is 4.98. The maximum Gasteiger partial charge on any atom is 0.325 e. The second kappa shape index (κ2) is 9.18. The SMILES string of the molecule is COC(=O)CNC(=O)CSc1nc2ccccc2c(=O)n1Cc1ccccc1. The topological polar surface area (TPSA) is 90.3 Å². The number of esters is 1. The molecule has 0 aliphatic heterocycles. The Morgan fingerprint density at radius 2 is 1.82 bits per heavy atom. The molecule has 3 rings (SSSR count). The van der Waals surface area contributed by atoms with E-state index in [4.69, 9.17) is 0 Å². The average Bonchev–Trinajstić information content (AvgIpc) is 2.73. The van der Waals surface area contributed by atoms with Gasteiger partial charge in [-0.15, -0.1) is 0 Å². The predicted molar refractivity (Wildman–Crippen MR) is 107 cm³/mol. The summed E-state index contributed by atoms with van der Waals surface area (Å²) in [4.78, 5) is 40.7. The van der Waals surface area contributed by atoms with Crippen LogP contribution in [0.1, 0.15) is 5.56 Å². The van der Waals surface area contributed by atoms with Crippen LogP contribution in [0.5, 0.6) is 0 Å². The standard InChI is InChI=1S/C20H19N3O4S/c1-27-18(25)11-21-17(24)13-28-20-22-16-10-6-5-9-15(16)19(26)23(20)12-14-7-3-2-4-8-14/h2-10H,11-13H2,1H3,(H,21,24). The molecule has 2 aromatic carbocycles. The Kier molecular flexibility index (Phi) is 6.44. The van der Waals surface area contributed by atoms with Gasteiger partial charge in [-0.3, -0.25) is 19.0 Å². The molecule has 0 radical (unpaired) electrons. The largest absolute Gasteiger partial charge is 0.468 e. The van der Waals surface area contributed by atoms with Gasteiger partial charge >= 0.3 is 5.97 Å². The van der Waals surface area contributed by atoms with Gasteiger partial charge in [-0.2, -0.15) is 0 Å². The van der Waals surface area contributed by atoms with Gasteiger partial charge in [-0.05, 0) is 17.7 Å². The van der Waals surface area contributed by atoms with Gasteiger partial charge < -0.3 is 10.1 Å². The molecule has 1 aromatic heterocycles. The number of aromatic nitrogens is 2. The zero-order chi connectivity index (χ0) is 19.9. The van der Waals surface area contributed by atoms with Crippen LogP contribution in [0.25, 0.3) is 10.9 Å². The molecule has 0 saturated carbocycles. The van der Waals surface area contributed by atoms with Crippen LogP contribution in [0.3, 0.4) is 0 Å². The summed E-state index contributed by atoms with van der Waals surface area (Å²) in [6.07, 6.45) is 0. The Labute approximate surface area is 165 Å². The smallest absolute Gasteiger partial charge is 0.325 e. The highest BCUT2D eigenvalue weighted by Gasteiger charge is 2.14. The quantitative estimate of drug-likeness (QED) is 0.372. The number of hydrogen-bond donors (Lipinski definition) is 1. The summed E-state index contributed by atoms with van der Waals surface area (Å²) in [6.45, 7) is 0.154. The van der Waals surface area contributed by atoms with Crippen LogP contribution in [0.4, 0.5) is 0 Å². The highest BCUT2D eigenvalue weighted by Crippen LogP contribution is 2.18.